The molecule has 1 N–H and O–H groups in total. The van der Waals surface area contributed by atoms with E-state index >= 15 is 0 Å². The molecule has 4 heterocycles. The molecule has 0 bridgehead atoms. The maximum atomic E-state index is 13.1. The number of carbonyl (C=O) groups is 2. The van der Waals surface area contributed by atoms with Crippen LogP contribution in [-0.4, -0.2) is 60.5 Å². The Morgan fingerprint density at radius 3 is 2.74 bits per heavy atom. The number of nitrogens with one attached hydrogen (secondary N) is 1. The number of hydrogen-bond acceptors (Lipinski definition) is 7. The minimum atomic E-state index is -0.0936. The van der Waals surface area contributed by atoms with Crippen molar-refractivity contribution < 1.29 is 9.59 Å². The van der Waals surface area contributed by atoms with Crippen LogP contribution < -0.4 is 5.32 Å². The molecule has 3 aromatic rings. The van der Waals surface area contributed by atoms with E-state index < -0.39 is 0 Å². The van der Waals surface area contributed by atoms with Gasteiger partial charge in [0, 0.05) is 50.2 Å². The van der Waals surface area contributed by atoms with Gasteiger partial charge >= 0.3 is 0 Å². The van der Waals surface area contributed by atoms with Crippen LogP contribution in [0.25, 0.3) is 0 Å². The van der Waals surface area contributed by atoms with Gasteiger partial charge in [-0.3, -0.25) is 14.6 Å². The third-order valence-corrected chi connectivity index (χ3v) is 6.90. The van der Waals surface area contributed by atoms with Crippen molar-refractivity contribution in [3.8, 4) is 0 Å². The summed E-state index contributed by atoms with van der Waals surface area (Å²) in [6.45, 7) is 8.62. The van der Waals surface area contributed by atoms with Gasteiger partial charge in [0.2, 0.25) is 0 Å². The molecule has 180 valence electrons. The molecule has 1 aliphatic rings. The molecule has 4 rings (SSSR count). The average Bonchev–Trinajstić information content (AvgIpc) is 3.54. The highest BCUT2D eigenvalue weighted by atomic mass is 32.1. The summed E-state index contributed by atoms with van der Waals surface area (Å²) in [7, 11) is 0. The van der Waals surface area contributed by atoms with Crippen LogP contribution in [0.4, 0.5) is 0 Å². The first-order valence-electron chi connectivity index (χ1n) is 11.8. The van der Waals surface area contributed by atoms with Crippen molar-refractivity contribution in [1.82, 2.24) is 34.3 Å². The Labute approximate surface area is 203 Å². The van der Waals surface area contributed by atoms with E-state index in [1.165, 1.54) is 11.5 Å². The molecule has 0 atom stereocenters. The minimum absolute atomic E-state index is 0.00482. The fourth-order valence-electron chi connectivity index (χ4n) is 4.28. The van der Waals surface area contributed by atoms with E-state index in [1.807, 2.05) is 48.6 Å². The summed E-state index contributed by atoms with van der Waals surface area (Å²) in [6.07, 6.45) is 7.80. The predicted octanol–water partition coefficient (Wildman–Crippen LogP) is 3.40. The van der Waals surface area contributed by atoms with E-state index in [1.54, 1.807) is 12.5 Å². The van der Waals surface area contributed by atoms with Crippen molar-refractivity contribution in [2.24, 2.45) is 0 Å². The van der Waals surface area contributed by atoms with Gasteiger partial charge in [-0.05, 0) is 55.8 Å². The minimum Gasteiger partial charge on any atom is -0.352 e. The third kappa shape index (κ3) is 5.49. The maximum Gasteiger partial charge on any atom is 0.267 e. The Bertz CT molecular complexity index is 1120. The number of aryl methyl sites for hydroxylation is 2. The largest absolute Gasteiger partial charge is 0.352 e. The lowest BCUT2D eigenvalue weighted by Crippen LogP contribution is -2.38. The predicted molar refractivity (Wildman–Crippen MR) is 130 cm³/mol. The second kappa shape index (κ2) is 10.9. The normalized spacial score (nSPS) is 14.5. The Morgan fingerprint density at radius 1 is 1.24 bits per heavy atom. The smallest absolute Gasteiger partial charge is 0.267 e. The summed E-state index contributed by atoms with van der Waals surface area (Å²) in [5, 5.41) is 7.17. The van der Waals surface area contributed by atoms with E-state index in [0.717, 1.165) is 42.9 Å². The van der Waals surface area contributed by atoms with Gasteiger partial charge in [0.25, 0.3) is 11.8 Å². The van der Waals surface area contributed by atoms with Gasteiger partial charge in [0.15, 0.2) is 0 Å². The molecular formula is C24H31N7O2S. The van der Waals surface area contributed by atoms with Gasteiger partial charge in [0.1, 0.15) is 4.88 Å². The van der Waals surface area contributed by atoms with Gasteiger partial charge in [-0.1, -0.05) is 18.3 Å². The molecule has 0 radical (unpaired) electrons. The highest BCUT2D eigenvalue weighted by molar-refractivity contribution is 7.08. The number of hydrogen-bond donors (Lipinski definition) is 1. The number of likely N-dealkylation sites (tertiary alicyclic amines) is 1. The van der Waals surface area contributed by atoms with Crippen molar-refractivity contribution >= 4 is 23.3 Å². The van der Waals surface area contributed by atoms with Crippen LogP contribution in [0.1, 0.15) is 82.1 Å². The molecule has 2 amide bonds. The average molecular weight is 482 g/mol. The molecule has 0 aromatic carbocycles. The summed E-state index contributed by atoms with van der Waals surface area (Å²) in [5.74, 6) is 0.210. The van der Waals surface area contributed by atoms with Crippen LogP contribution in [0.3, 0.4) is 0 Å². The summed E-state index contributed by atoms with van der Waals surface area (Å²) < 4.78 is 5.99. The van der Waals surface area contributed by atoms with Crippen LogP contribution in [0.5, 0.6) is 0 Å². The molecule has 10 heteroatoms. The van der Waals surface area contributed by atoms with E-state index in [-0.39, 0.29) is 23.7 Å². The lowest BCUT2D eigenvalue weighted by atomic mass is 9.89. The van der Waals surface area contributed by atoms with Crippen LogP contribution in [0.2, 0.25) is 0 Å². The standard InChI is InChI=1S/C24H31N7O2S/c1-16(2)20-22(34-29-28-20)24(33)31-12-7-18(8-13-31)21-19(6-5-17(3)27-21)23(32)26-9-4-11-30-14-10-25-15-30/h5-6,10,14-16,18H,4,7-9,11-13H2,1-3H3,(H,26,32). The van der Waals surface area contributed by atoms with Crippen LogP contribution in [0, 0.1) is 6.92 Å². The highest BCUT2D eigenvalue weighted by Crippen LogP contribution is 2.31. The van der Waals surface area contributed by atoms with Crippen LogP contribution >= 0.6 is 11.5 Å². The number of amides is 2. The molecule has 1 fully saturated rings. The van der Waals surface area contributed by atoms with Gasteiger partial charge in [-0.15, -0.1) is 5.10 Å². The molecule has 1 saturated heterocycles. The summed E-state index contributed by atoms with van der Waals surface area (Å²) in [4.78, 5) is 37.3. The molecular weight excluding hydrogens is 450 g/mol. The number of piperidine rings is 1. The quantitative estimate of drug-likeness (QED) is 0.494. The van der Waals surface area contributed by atoms with Crippen molar-refractivity contribution in [3.05, 3.63) is 58.4 Å². The fourth-order valence-corrected chi connectivity index (χ4v) is 5.07. The molecule has 9 nitrogen and oxygen atoms in total. The zero-order valence-corrected chi connectivity index (χ0v) is 20.7. The first-order valence-corrected chi connectivity index (χ1v) is 12.5. The number of pyridine rings is 1. The zero-order valence-electron chi connectivity index (χ0n) is 19.9. The molecule has 0 unspecified atom stereocenters. The summed E-state index contributed by atoms with van der Waals surface area (Å²) in [6, 6.07) is 3.76. The van der Waals surface area contributed by atoms with Crippen LogP contribution in [-0.2, 0) is 6.54 Å². The lowest BCUT2D eigenvalue weighted by Gasteiger charge is -2.32. The van der Waals surface area contributed by atoms with E-state index in [0.29, 0.717) is 30.1 Å². The van der Waals surface area contributed by atoms with Crippen molar-refractivity contribution in [1.29, 1.82) is 0 Å². The summed E-state index contributed by atoms with van der Waals surface area (Å²) in [5.41, 5.74) is 3.13. The van der Waals surface area contributed by atoms with Crippen molar-refractivity contribution in [3.63, 3.8) is 0 Å². The fraction of sp³-hybridized carbons (Fsp3) is 0.500. The number of nitrogens with zero attached hydrogens (tertiary/aromatic N) is 6. The molecule has 1 aliphatic heterocycles. The molecule has 34 heavy (non-hydrogen) atoms. The molecule has 0 aliphatic carbocycles. The van der Waals surface area contributed by atoms with E-state index in [2.05, 4.69) is 19.9 Å². The topological polar surface area (TPSA) is 106 Å². The second-order valence-corrected chi connectivity index (χ2v) is 9.76. The number of imidazole rings is 1. The first kappa shape index (κ1) is 24.0. The Hall–Kier alpha value is -3.14. The Balaban J connectivity index is 1.37. The number of carbonyl (C=O) groups excluding carboxylic acids is 2. The first-order chi connectivity index (χ1) is 16.4. The lowest BCUT2D eigenvalue weighted by molar-refractivity contribution is 0.0713. The van der Waals surface area contributed by atoms with Gasteiger partial charge < -0.3 is 14.8 Å². The number of aromatic nitrogens is 5. The zero-order chi connectivity index (χ0) is 24.1. The van der Waals surface area contributed by atoms with Gasteiger partial charge in [-0.25, -0.2) is 4.98 Å². The third-order valence-electron chi connectivity index (χ3n) is 6.17. The van der Waals surface area contributed by atoms with E-state index in [9.17, 15) is 9.59 Å². The maximum absolute atomic E-state index is 13.1. The van der Waals surface area contributed by atoms with Gasteiger partial charge in [0.05, 0.1) is 23.3 Å². The monoisotopic (exact) mass is 481 g/mol. The van der Waals surface area contributed by atoms with Gasteiger partial charge in [-0.2, -0.15) is 0 Å². The van der Waals surface area contributed by atoms with Crippen LogP contribution in [0.15, 0.2) is 30.9 Å². The summed E-state index contributed by atoms with van der Waals surface area (Å²) >= 11 is 1.17. The van der Waals surface area contributed by atoms with E-state index in [4.69, 9.17) is 4.98 Å². The number of rotatable bonds is 8. The molecule has 0 saturated carbocycles. The Morgan fingerprint density at radius 2 is 2.03 bits per heavy atom. The van der Waals surface area contributed by atoms with Crippen molar-refractivity contribution in [2.75, 3.05) is 19.6 Å². The Kier molecular flexibility index (Phi) is 7.66. The second-order valence-electron chi connectivity index (χ2n) is 9.00. The van der Waals surface area contributed by atoms with Crippen molar-refractivity contribution in [2.45, 2.75) is 58.4 Å². The molecule has 0 spiro atoms. The molecule has 3 aromatic heterocycles. The SMILES string of the molecule is Cc1ccc(C(=O)NCCCn2ccnc2)c(C2CCN(C(=O)c3snnc3C(C)C)CC2)n1. The highest BCUT2D eigenvalue weighted by Gasteiger charge is 2.30.